The maximum absolute atomic E-state index is 10.2. The van der Waals surface area contributed by atoms with Crippen LogP contribution in [0.25, 0.3) is 11.0 Å². The van der Waals surface area contributed by atoms with Crippen LogP contribution in [-0.4, -0.2) is 33.2 Å². The van der Waals surface area contributed by atoms with Crippen LogP contribution in [0.1, 0.15) is 31.4 Å². The van der Waals surface area contributed by atoms with Gasteiger partial charge in [0.1, 0.15) is 11.8 Å². The van der Waals surface area contributed by atoms with Crippen LogP contribution < -0.4 is 11.1 Å². The first-order chi connectivity index (χ1) is 8.69. The zero-order valence-corrected chi connectivity index (χ0v) is 10.6. The molecule has 0 aromatic carbocycles. The van der Waals surface area contributed by atoms with Gasteiger partial charge in [0.15, 0.2) is 5.82 Å². The van der Waals surface area contributed by atoms with E-state index in [1.807, 2.05) is 20.2 Å². The molecule has 0 aliphatic carbocycles. The van der Waals surface area contributed by atoms with Crippen LogP contribution in [0.5, 0.6) is 0 Å². The number of aliphatic hydroxyl groups is 1. The molecule has 0 amide bonds. The van der Waals surface area contributed by atoms with E-state index in [2.05, 4.69) is 20.3 Å². The third kappa shape index (κ3) is 2.16. The van der Waals surface area contributed by atoms with Crippen molar-refractivity contribution in [1.82, 2.24) is 20.3 Å². The molecule has 5 N–H and O–H groups in total. The van der Waals surface area contributed by atoms with E-state index in [9.17, 15) is 5.11 Å². The summed E-state index contributed by atoms with van der Waals surface area (Å²) in [5.74, 6) is 0.422. The Bertz CT molecular complexity index is 524. The maximum atomic E-state index is 10.2. The Kier molecular flexibility index (Phi) is 3.78. The monoisotopic (exact) mass is 249 g/mol. The number of nitrogens with one attached hydrogen (secondary N) is 2. The molecule has 0 aliphatic rings. The van der Waals surface area contributed by atoms with E-state index in [0.717, 1.165) is 29.4 Å². The van der Waals surface area contributed by atoms with Gasteiger partial charge in [-0.1, -0.05) is 13.3 Å². The Hall–Kier alpha value is -1.66. The van der Waals surface area contributed by atoms with Crippen LogP contribution in [0, 0.1) is 0 Å². The normalized spacial score (nSPS) is 14.8. The van der Waals surface area contributed by atoms with Crippen molar-refractivity contribution in [2.24, 2.45) is 0 Å². The van der Waals surface area contributed by atoms with Crippen LogP contribution in [0.4, 0.5) is 5.82 Å². The number of hydrogen-bond acceptors (Lipinski definition) is 5. The van der Waals surface area contributed by atoms with Crippen molar-refractivity contribution in [2.75, 3.05) is 12.8 Å². The van der Waals surface area contributed by atoms with Crippen molar-refractivity contribution in [2.45, 2.75) is 31.9 Å². The van der Waals surface area contributed by atoms with E-state index >= 15 is 0 Å². The summed E-state index contributed by atoms with van der Waals surface area (Å²) in [7, 11) is 1.83. The molecule has 0 saturated heterocycles. The van der Waals surface area contributed by atoms with Gasteiger partial charge in [0.2, 0.25) is 0 Å². The number of fused-ring (bicyclic) bond motifs is 1. The maximum Gasteiger partial charge on any atom is 0.151 e. The highest BCUT2D eigenvalue weighted by molar-refractivity contribution is 5.87. The minimum atomic E-state index is -0.449. The van der Waals surface area contributed by atoms with Gasteiger partial charge in [-0.15, -0.1) is 0 Å². The molecule has 2 aromatic heterocycles. The van der Waals surface area contributed by atoms with Crippen LogP contribution in [-0.2, 0) is 0 Å². The lowest BCUT2D eigenvalue weighted by Gasteiger charge is -2.21. The van der Waals surface area contributed by atoms with Crippen molar-refractivity contribution < 1.29 is 5.11 Å². The van der Waals surface area contributed by atoms with E-state index in [1.54, 1.807) is 0 Å². The zero-order valence-electron chi connectivity index (χ0n) is 10.6. The number of aromatic nitrogens is 3. The summed E-state index contributed by atoms with van der Waals surface area (Å²) in [4.78, 5) is 11.2. The molecule has 0 aliphatic heterocycles. The molecule has 0 saturated carbocycles. The number of anilines is 1. The fourth-order valence-corrected chi connectivity index (χ4v) is 2.23. The van der Waals surface area contributed by atoms with Crippen molar-refractivity contribution in [1.29, 1.82) is 0 Å². The topological polar surface area (TPSA) is 99.8 Å². The zero-order chi connectivity index (χ0) is 13.1. The minimum Gasteiger partial charge on any atom is -0.391 e. The number of H-pyrrole nitrogens is 1. The molecule has 98 valence electrons. The average molecular weight is 249 g/mol. The van der Waals surface area contributed by atoms with E-state index in [4.69, 9.17) is 5.73 Å². The Balaban J connectivity index is 2.42. The fourth-order valence-electron chi connectivity index (χ4n) is 2.23. The second kappa shape index (κ2) is 5.32. The lowest BCUT2D eigenvalue weighted by atomic mass is 10.00. The smallest absolute Gasteiger partial charge is 0.151 e. The lowest BCUT2D eigenvalue weighted by molar-refractivity contribution is 0.122. The lowest BCUT2D eigenvalue weighted by Crippen LogP contribution is -2.29. The highest BCUT2D eigenvalue weighted by Gasteiger charge is 2.23. The van der Waals surface area contributed by atoms with Gasteiger partial charge in [-0.2, -0.15) is 0 Å². The quantitative estimate of drug-likeness (QED) is 0.632. The molecule has 6 heteroatoms. The highest BCUT2D eigenvalue weighted by atomic mass is 16.3. The SMILES string of the molecule is CCCC(O)C(NC)c1c[nH]c2c(N)ncnc12. The van der Waals surface area contributed by atoms with Crippen molar-refractivity contribution in [3.63, 3.8) is 0 Å². The molecular weight excluding hydrogens is 230 g/mol. The molecule has 0 bridgehead atoms. The molecule has 2 atom stereocenters. The van der Waals surface area contributed by atoms with Gasteiger partial charge in [-0.05, 0) is 13.5 Å². The van der Waals surface area contributed by atoms with Crippen molar-refractivity contribution >= 4 is 16.9 Å². The first-order valence-electron chi connectivity index (χ1n) is 6.11. The van der Waals surface area contributed by atoms with Gasteiger partial charge in [0, 0.05) is 11.8 Å². The minimum absolute atomic E-state index is 0.159. The molecule has 0 radical (unpaired) electrons. The molecule has 2 rings (SSSR count). The molecular formula is C12H19N5O. The Labute approximate surface area is 106 Å². The van der Waals surface area contributed by atoms with Gasteiger partial charge < -0.3 is 21.1 Å². The van der Waals surface area contributed by atoms with E-state index < -0.39 is 6.10 Å². The average Bonchev–Trinajstić information content (AvgIpc) is 2.76. The first-order valence-corrected chi connectivity index (χ1v) is 6.11. The molecule has 6 nitrogen and oxygen atoms in total. The van der Waals surface area contributed by atoms with Crippen LogP contribution >= 0.6 is 0 Å². The standard InChI is InChI=1S/C12H19N5O/c1-3-4-8(18)9(14-2)7-5-15-11-10(7)16-6-17-12(11)13/h5-6,8-9,14-15,18H,3-4H2,1-2H3,(H2,13,16,17). The fraction of sp³-hybridized carbons (Fsp3) is 0.500. The Morgan fingerprint density at radius 3 is 2.94 bits per heavy atom. The number of aliphatic hydroxyl groups excluding tert-OH is 1. The largest absolute Gasteiger partial charge is 0.391 e. The number of nitrogen functional groups attached to an aromatic ring is 1. The second-order valence-electron chi connectivity index (χ2n) is 4.35. The number of nitrogens with zero attached hydrogens (tertiary/aromatic N) is 2. The second-order valence-corrected chi connectivity index (χ2v) is 4.35. The van der Waals surface area contributed by atoms with Gasteiger partial charge in [0.25, 0.3) is 0 Å². The van der Waals surface area contributed by atoms with Crippen molar-refractivity contribution in [3.8, 4) is 0 Å². The molecule has 0 spiro atoms. The summed E-state index contributed by atoms with van der Waals surface area (Å²) in [6, 6.07) is -0.159. The van der Waals surface area contributed by atoms with E-state index in [0.29, 0.717) is 5.82 Å². The first kappa shape index (κ1) is 12.8. The number of rotatable bonds is 5. The summed E-state index contributed by atoms with van der Waals surface area (Å²) in [6.45, 7) is 2.05. The van der Waals surface area contributed by atoms with Crippen molar-refractivity contribution in [3.05, 3.63) is 18.1 Å². The van der Waals surface area contributed by atoms with Gasteiger partial charge in [-0.25, -0.2) is 9.97 Å². The number of likely N-dealkylation sites (N-methyl/N-ethyl adjacent to an activating group) is 1. The predicted octanol–water partition coefficient (Wildman–Crippen LogP) is 0.962. The molecule has 18 heavy (non-hydrogen) atoms. The number of aromatic amines is 1. The van der Waals surface area contributed by atoms with E-state index in [-0.39, 0.29) is 6.04 Å². The number of nitrogens with two attached hydrogens (primary N) is 1. The van der Waals surface area contributed by atoms with Crippen LogP contribution in [0.15, 0.2) is 12.5 Å². The summed E-state index contributed by atoms with van der Waals surface area (Å²) in [5.41, 5.74) is 8.18. The van der Waals surface area contributed by atoms with Crippen LogP contribution in [0.2, 0.25) is 0 Å². The third-order valence-corrected chi connectivity index (χ3v) is 3.14. The van der Waals surface area contributed by atoms with Gasteiger partial charge in [0.05, 0.1) is 17.7 Å². The highest BCUT2D eigenvalue weighted by Crippen LogP contribution is 2.27. The van der Waals surface area contributed by atoms with Gasteiger partial charge in [-0.3, -0.25) is 0 Å². The van der Waals surface area contributed by atoms with E-state index in [1.165, 1.54) is 6.33 Å². The predicted molar refractivity (Wildman–Crippen MR) is 71.0 cm³/mol. The molecule has 2 unspecified atom stereocenters. The van der Waals surface area contributed by atoms with Gasteiger partial charge >= 0.3 is 0 Å². The summed E-state index contributed by atoms with van der Waals surface area (Å²) in [5, 5.41) is 13.3. The summed E-state index contributed by atoms with van der Waals surface area (Å²) in [6.07, 6.45) is 4.48. The van der Waals surface area contributed by atoms with Crippen LogP contribution in [0.3, 0.4) is 0 Å². The Morgan fingerprint density at radius 2 is 2.28 bits per heavy atom. The Morgan fingerprint density at radius 1 is 1.50 bits per heavy atom. The molecule has 2 heterocycles. The third-order valence-electron chi connectivity index (χ3n) is 3.14. The molecule has 0 fully saturated rings. The summed E-state index contributed by atoms with van der Waals surface area (Å²) < 4.78 is 0. The number of hydrogen-bond donors (Lipinski definition) is 4. The summed E-state index contributed by atoms with van der Waals surface area (Å²) >= 11 is 0. The molecule has 2 aromatic rings.